The number of alkyl halides is 3. The van der Waals surface area contributed by atoms with Crippen molar-refractivity contribution in [2.75, 3.05) is 10.6 Å². The maximum absolute atomic E-state index is 12.6. The smallest absolute Gasteiger partial charge is 0.406 e. The average Bonchev–Trinajstić information content (AvgIpc) is 2.81. The number of ether oxygens (including phenoxy) is 1. The molecule has 0 aliphatic heterocycles. The number of carbonyl (C=O) groups is 1. The fourth-order valence-corrected chi connectivity index (χ4v) is 2.99. The number of aryl methyl sites for hydroxylation is 1. The molecule has 0 saturated carbocycles. The molecule has 0 bridgehead atoms. The molecule has 172 valence electrons. The van der Waals surface area contributed by atoms with Crippen LogP contribution in [0.1, 0.15) is 15.9 Å². The summed E-state index contributed by atoms with van der Waals surface area (Å²) in [5.41, 5.74) is 3.08. The van der Waals surface area contributed by atoms with Crippen LogP contribution >= 0.6 is 0 Å². The molecule has 0 fully saturated rings. The maximum Gasteiger partial charge on any atom is 0.573 e. The molecular formula is C23H17F3N6O2. The molecule has 11 heteroatoms. The molecule has 0 saturated heterocycles. The molecule has 2 aromatic carbocycles. The summed E-state index contributed by atoms with van der Waals surface area (Å²) in [5, 5.41) is 5.77. The number of anilines is 3. The van der Waals surface area contributed by atoms with Gasteiger partial charge in [-0.2, -0.15) is 0 Å². The zero-order valence-corrected chi connectivity index (χ0v) is 17.7. The highest BCUT2D eigenvalue weighted by molar-refractivity contribution is 6.04. The lowest BCUT2D eigenvalue weighted by Crippen LogP contribution is -2.18. The molecule has 8 nitrogen and oxygen atoms in total. The van der Waals surface area contributed by atoms with Gasteiger partial charge in [0.15, 0.2) is 0 Å². The van der Waals surface area contributed by atoms with Crippen LogP contribution in [0.5, 0.6) is 5.75 Å². The molecule has 4 aromatic rings. The summed E-state index contributed by atoms with van der Waals surface area (Å²) in [6, 6.07) is 11.6. The molecule has 4 rings (SSSR count). The number of hydrogen-bond donors (Lipinski definition) is 2. The largest absolute Gasteiger partial charge is 0.573 e. The first-order chi connectivity index (χ1) is 16.3. The number of hydrogen-bond acceptors (Lipinski definition) is 7. The van der Waals surface area contributed by atoms with Crippen LogP contribution in [0.15, 0.2) is 73.3 Å². The van der Waals surface area contributed by atoms with Crippen molar-refractivity contribution in [1.82, 2.24) is 19.9 Å². The average molecular weight is 466 g/mol. The second-order valence-electron chi connectivity index (χ2n) is 7.04. The van der Waals surface area contributed by atoms with Gasteiger partial charge in [-0.25, -0.2) is 9.97 Å². The number of nitrogens with zero attached hydrogens (tertiary/aromatic N) is 4. The summed E-state index contributed by atoms with van der Waals surface area (Å²) < 4.78 is 41.2. The van der Waals surface area contributed by atoms with Gasteiger partial charge in [-0.05, 0) is 48.9 Å². The summed E-state index contributed by atoms with van der Waals surface area (Å²) >= 11 is 0. The molecule has 0 aliphatic rings. The first-order valence-corrected chi connectivity index (χ1v) is 9.91. The number of carbonyl (C=O) groups excluding carboxylic acids is 1. The van der Waals surface area contributed by atoms with Gasteiger partial charge in [0, 0.05) is 35.5 Å². The van der Waals surface area contributed by atoms with Gasteiger partial charge in [0.05, 0.1) is 11.9 Å². The van der Waals surface area contributed by atoms with E-state index in [0.29, 0.717) is 28.7 Å². The number of nitrogens with one attached hydrogen (secondary N) is 2. The summed E-state index contributed by atoms with van der Waals surface area (Å²) in [7, 11) is 0. The van der Waals surface area contributed by atoms with Crippen LogP contribution < -0.4 is 15.4 Å². The minimum atomic E-state index is -4.85. The van der Waals surface area contributed by atoms with E-state index in [2.05, 4.69) is 35.3 Å². The van der Waals surface area contributed by atoms with Crippen LogP contribution in [0.2, 0.25) is 0 Å². The lowest BCUT2D eigenvalue weighted by atomic mass is 10.1. The number of amides is 1. The van der Waals surface area contributed by atoms with Crippen molar-refractivity contribution in [1.29, 1.82) is 0 Å². The van der Waals surface area contributed by atoms with E-state index >= 15 is 0 Å². The third kappa shape index (κ3) is 5.82. The van der Waals surface area contributed by atoms with Gasteiger partial charge in [-0.15, -0.1) is 13.2 Å². The topological polar surface area (TPSA) is 102 Å². The second kappa shape index (κ2) is 9.53. The molecule has 0 aliphatic carbocycles. The monoisotopic (exact) mass is 466 g/mol. The molecule has 34 heavy (non-hydrogen) atoms. The number of halogens is 3. The van der Waals surface area contributed by atoms with E-state index in [0.717, 1.165) is 17.7 Å². The molecule has 1 amide bonds. The highest BCUT2D eigenvalue weighted by Crippen LogP contribution is 2.26. The Labute approximate surface area is 191 Å². The van der Waals surface area contributed by atoms with E-state index in [1.165, 1.54) is 12.1 Å². The fraction of sp³-hybridized carbons (Fsp3) is 0.0870. The van der Waals surface area contributed by atoms with Crippen molar-refractivity contribution in [2.24, 2.45) is 0 Å². The Hall–Kier alpha value is -4.54. The third-order valence-electron chi connectivity index (χ3n) is 4.55. The van der Waals surface area contributed by atoms with Crippen molar-refractivity contribution in [3.63, 3.8) is 0 Å². The van der Waals surface area contributed by atoms with Crippen molar-refractivity contribution in [3.8, 4) is 17.1 Å². The summed E-state index contributed by atoms with van der Waals surface area (Å²) in [6.45, 7) is 1.86. The molecule has 2 aromatic heterocycles. The van der Waals surface area contributed by atoms with Crippen molar-refractivity contribution in [3.05, 3.63) is 84.4 Å². The minimum absolute atomic E-state index is 0.0110. The third-order valence-corrected chi connectivity index (χ3v) is 4.55. The first kappa shape index (κ1) is 22.6. The molecular weight excluding hydrogens is 449 g/mol. The van der Waals surface area contributed by atoms with Gasteiger partial charge in [0.2, 0.25) is 5.95 Å². The number of rotatable bonds is 6. The zero-order valence-electron chi connectivity index (χ0n) is 17.7. The minimum Gasteiger partial charge on any atom is -0.406 e. The van der Waals surface area contributed by atoms with Crippen molar-refractivity contribution in [2.45, 2.75) is 13.3 Å². The van der Waals surface area contributed by atoms with E-state index in [1.54, 1.807) is 49.1 Å². The Balaban J connectivity index is 1.51. The van der Waals surface area contributed by atoms with E-state index < -0.39 is 18.0 Å². The Bertz CT molecular complexity index is 1320. The highest BCUT2D eigenvalue weighted by atomic mass is 19.4. The van der Waals surface area contributed by atoms with Crippen LogP contribution in [-0.4, -0.2) is 32.2 Å². The second-order valence-corrected chi connectivity index (χ2v) is 7.04. The van der Waals surface area contributed by atoms with Crippen molar-refractivity contribution < 1.29 is 22.7 Å². The van der Waals surface area contributed by atoms with Gasteiger partial charge in [0.1, 0.15) is 11.4 Å². The molecule has 0 atom stereocenters. The first-order valence-electron chi connectivity index (χ1n) is 9.91. The predicted octanol–water partition coefficient (Wildman–Crippen LogP) is 5.14. The molecule has 0 radical (unpaired) electrons. The Morgan fingerprint density at radius 1 is 0.971 bits per heavy atom. The van der Waals surface area contributed by atoms with Crippen LogP contribution in [0, 0.1) is 6.92 Å². The standard InChI is InChI=1S/C23H17F3N6O2/c1-14-5-6-16(30-21(33)15-3-2-4-17(11-15)34-23(24,25)26)12-19(14)32-22-29-8-7-18(31-22)20-13-27-9-10-28-20/h2-13H,1H3,(H,30,33)(H,29,31,32). The Morgan fingerprint density at radius 2 is 1.82 bits per heavy atom. The maximum atomic E-state index is 12.6. The Kier molecular flexibility index (Phi) is 6.35. The lowest BCUT2D eigenvalue weighted by molar-refractivity contribution is -0.274. The van der Waals surface area contributed by atoms with E-state index in [9.17, 15) is 18.0 Å². The van der Waals surface area contributed by atoms with Crippen LogP contribution in [0.25, 0.3) is 11.4 Å². The summed E-state index contributed by atoms with van der Waals surface area (Å²) in [6.07, 6.45) is 1.44. The van der Waals surface area contributed by atoms with Gasteiger partial charge in [-0.1, -0.05) is 12.1 Å². The Morgan fingerprint density at radius 3 is 2.59 bits per heavy atom. The number of aromatic nitrogens is 4. The van der Waals surface area contributed by atoms with Gasteiger partial charge >= 0.3 is 6.36 Å². The summed E-state index contributed by atoms with van der Waals surface area (Å²) in [4.78, 5) is 29.5. The van der Waals surface area contributed by atoms with Crippen LogP contribution in [-0.2, 0) is 0 Å². The normalized spacial score (nSPS) is 11.1. The highest BCUT2D eigenvalue weighted by Gasteiger charge is 2.31. The fourth-order valence-electron chi connectivity index (χ4n) is 2.99. The quantitative estimate of drug-likeness (QED) is 0.406. The van der Waals surface area contributed by atoms with E-state index in [4.69, 9.17) is 0 Å². The predicted molar refractivity (Wildman–Crippen MR) is 119 cm³/mol. The molecule has 2 N–H and O–H groups in total. The zero-order chi connectivity index (χ0) is 24.1. The van der Waals surface area contributed by atoms with Crippen LogP contribution in [0.3, 0.4) is 0 Å². The molecule has 2 heterocycles. The summed E-state index contributed by atoms with van der Waals surface area (Å²) in [5.74, 6) is -0.762. The van der Waals surface area contributed by atoms with Crippen molar-refractivity contribution >= 4 is 23.2 Å². The number of benzene rings is 2. The van der Waals surface area contributed by atoms with Gasteiger partial charge < -0.3 is 15.4 Å². The SMILES string of the molecule is Cc1ccc(NC(=O)c2cccc(OC(F)(F)F)c2)cc1Nc1nccc(-c2cnccn2)n1. The molecule has 0 unspecified atom stereocenters. The lowest BCUT2D eigenvalue weighted by Gasteiger charge is -2.13. The van der Waals surface area contributed by atoms with Gasteiger partial charge in [-0.3, -0.25) is 14.8 Å². The van der Waals surface area contributed by atoms with E-state index in [1.807, 2.05) is 6.92 Å². The molecule has 0 spiro atoms. The van der Waals surface area contributed by atoms with E-state index in [-0.39, 0.29) is 5.56 Å². The van der Waals surface area contributed by atoms with Crippen LogP contribution in [0.4, 0.5) is 30.5 Å². The van der Waals surface area contributed by atoms with Gasteiger partial charge in [0.25, 0.3) is 5.91 Å².